The summed E-state index contributed by atoms with van der Waals surface area (Å²) in [6.45, 7) is 1.79. The van der Waals surface area contributed by atoms with E-state index < -0.39 is 15.6 Å². The molecule has 1 amide bonds. The van der Waals surface area contributed by atoms with Gasteiger partial charge >= 0.3 is 0 Å². The Morgan fingerprint density at radius 2 is 1.85 bits per heavy atom. The van der Waals surface area contributed by atoms with Gasteiger partial charge in [0.2, 0.25) is 11.2 Å². The lowest BCUT2D eigenvalue weighted by atomic mass is 10.1. The van der Waals surface area contributed by atoms with Gasteiger partial charge in [-0.3, -0.25) is 14.5 Å². The summed E-state index contributed by atoms with van der Waals surface area (Å²) in [7, 11) is -2.52. The highest BCUT2D eigenvalue weighted by atomic mass is 32.2. The number of hydrogen-bond acceptors (Lipinski definition) is 6. The van der Waals surface area contributed by atoms with E-state index in [2.05, 4.69) is 9.26 Å². The zero-order valence-electron chi connectivity index (χ0n) is 18.2. The quantitative estimate of drug-likeness (QED) is 0.545. The van der Waals surface area contributed by atoms with E-state index in [0.717, 1.165) is 16.7 Å². The van der Waals surface area contributed by atoms with Gasteiger partial charge in [0.25, 0.3) is 5.91 Å². The third-order valence-corrected chi connectivity index (χ3v) is 5.69. The second kappa shape index (κ2) is 9.29. The molecule has 0 fully saturated rings. The van der Waals surface area contributed by atoms with Gasteiger partial charge in [-0.05, 0) is 41.0 Å². The zero-order valence-corrected chi connectivity index (χ0v) is 19.1. The Morgan fingerprint density at radius 3 is 2.55 bits per heavy atom. The molecule has 0 spiro atoms. The van der Waals surface area contributed by atoms with Gasteiger partial charge in [-0.2, -0.15) is 4.36 Å². The summed E-state index contributed by atoms with van der Waals surface area (Å²) in [4.78, 5) is 26.5. The van der Waals surface area contributed by atoms with Crippen molar-refractivity contribution in [2.45, 2.75) is 26.2 Å². The highest BCUT2D eigenvalue weighted by molar-refractivity contribution is 7.92. The van der Waals surface area contributed by atoms with Crippen LogP contribution in [0.5, 0.6) is 5.75 Å². The van der Waals surface area contributed by atoms with Crippen LogP contribution in [0.4, 0.5) is 4.39 Å². The minimum absolute atomic E-state index is 0.0809. The van der Waals surface area contributed by atoms with E-state index in [4.69, 9.17) is 9.15 Å². The lowest BCUT2D eigenvalue weighted by Gasteiger charge is -2.14. The molecule has 1 aromatic heterocycles. The lowest BCUT2D eigenvalue weighted by Crippen LogP contribution is -2.17. The van der Waals surface area contributed by atoms with Crippen molar-refractivity contribution < 1.29 is 22.5 Å². The first kappa shape index (κ1) is 22.9. The van der Waals surface area contributed by atoms with Crippen LogP contribution < -0.4 is 10.2 Å². The van der Waals surface area contributed by atoms with Gasteiger partial charge in [0.15, 0.2) is 0 Å². The van der Waals surface area contributed by atoms with Crippen LogP contribution in [-0.2, 0) is 36.0 Å². The molecule has 2 aromatic carbocycles. The molecule has 2 heterocycles. The second-order valence-corrected chi connectivity index (χ2v) is 10.7. The fourth-order valence-corrected chi connectivity index (χ4v) is 4.05. The van der Waals surface area contributed by atoms with Gasteiger partial charge in [0.05, 0.1) is 6.54 Å². The third kappa shape index (κ3) is 5.94. The van der Waals surface area contributed by atoms with Gasteiger partial charge in [0, 0.05) is 47.0 Å². The molecule has 0 saturated carbocycles. The largest absolute Gasteiger partial charge is 0.482 e. The Hall–Kier alpha value is -3.30. The minimum atomic E-state index is -2.52. The van der Waals surface area contributed by atoms with Crippen LogP contribution in [0.1, 0.15) is 32.8 Å². The molecule has 4 rings (SSSR count). The van der Waals surface area contributed by atoms with Crippen LogP contribution in [0.3, 0.4) is 0 Å². The Bertz CT molecular complexity index is 1370. The van der Waals surface area contributed by atoms with Gasteiger partial charge in [0.1, 0.15) is 24.4 Å². The molecule has 7 nitrogen and oxygen atoms in total. The molecule has 9 heteroatoms. The Labute approximate surface area is 191 Å². The monoisotopic (exact) mass is 470 g/mol. The first-order valence-electron chi connectivity index (χ1n) is 10.2. The first-order chi connectivity index (χ1) is 15.7. The molecule has 0 bridgehead atoms. The Morgan fingerprint density at radius 1 is 1.12 bits per heavy atom. The molecule has 33 heavy (non-hydrogen) atoms. The summed E-state index contributed by atoms with van der Waals surface area (Å²) in [5.74, 6) is -0.222. The number of carbonyl (C=O) groups excluding carboxylic acids is 1. The Kier molecular flexibility index (Phi) is 6.44. The SMILES string of the molecule is CS(C)(=O)=NC(=O)c1ccc(COc2coc(CN3Cc4ccc(F)cc4C3)cc2=O)cc1. The first-order valence-corrected chi connectivity index (χ1v) is 12.5. The maximum atomic E-state index is 13.4. The minimum Gasteiger partial charge on any atom is -0.482 e. The molecule has 172 valence electrons. The van der Waals surface area contributed by atoms with Crippen molar-refractivity contribution in [3.8, 4) is 5.75 Å². The van der Waals surface area contributed by atoms with Crippen LogP contribution in [-0.4, -0.2) is 27.5 Å². The number of amides is 1. The molecular weight excluding hydrogens is 447 g/mol. The van der Waals surface area contributed by atoms with Crippen molar-refractivity contribution >= 4 is 15.6 Å². The van der Waals surface area contributed by atoms with Crippen LogP contribution in [0.2, 0.25) is 0 Å². The van der Waals surface area contributed by atoms with Crippen molar-refractivity contribution in [1.82, 2.24) is 4.90 Å². The molecule has 0 N–H and O–H groups in total. The number of ether oxygens (including phenoxy) is 1. The fraction of sp³-hybridized carbons (Fsp3) is 0.250. The maximum absolute atomic E-state index is 13.4. The molecule has 0 atom stereocenters. The normalized spacial score (nSPS) is 13.5. The van der Waals surface area contributed by atoms with E-state index in [1.54, 1.807) is 30.3 Å². The lowest BCUT2D eigenvalue weighted by molar-refractivity contribution is 0.100. The molecule has 3 aromatic rings. The zero-order chi connectivity index (χ0) is 23.6. The van der Waals surface area contributed by atoms with Crippen LogP contribution in [0.25, 0.3) is 0 Å². The van der Waals surface area contributed by atoms with E-state index in [1.807, 2.05) is 0 Å². The molecule has 0 saturated heterocycles. The second-order valence-electron chi connectivity index (χ2n) is 8.20. The average Bonchev–Trinajstić information content (AvgIpc) is 3.13. The van der Waals surface area contributed by atoms with Crippen molar-refractivity contribution in [1.29, 1.82) is 0 Å². The van der Waals surface area contributed by atoms with Crippen molar-refractivity contribution in [3.63, 3.8) is 0 Å². The van der Waals surface area contributed by atoms with Gasteiger partial charge < -0.3 is 9.15 Å². The molecule has 0 aliphatic carbocycles. The molecule has 0 unspecified atom stereocenters. The number of halogens is 1. The van der Waals surface area contributed by atoms with Crippen molar-refractivity contribution in [2.24, 2.45) is 4.36 Å². The van der Waals surface area contributed by atoms with Gasteiger partial charge in [-0.1, -0.05) is 18.2 Å². The van der Waals surface area contributed by atoms with E-state index in [0.29, 0.717) is 31.0 Å². The number of fused-ring (bicyclic) bond motifs is 1. The topological polar surface area (TPSA) is 89.2 Å². The summed E-state index contributed by atoms with van der Waals surface area (Å²) in [5.41, 5.74) is 2.77. The number of benzene rings is 2. The molecule has 1 aliphatic heterocycles. The summed E-state index contributed by atoms with van der Waals surface area (Å²) < 4.78 is 39.9. The highest BCUT2D eigenvalue weighted by Gasteiger charge is 2.20. The highest BCUT2D eigenvalue weighted by Crippen LogP contribution is 2.25. The number of hydrogen-bond donors (Lipinski definition) is 0. The number of rotatable bonds is 6. The molecule has 1 aliphatic rings. The summed E-state index contributed by atoms with van der Waals surface area (Å²) in [6, 6.07) is 12.7. The summed E-state index contributed by atoms with van der Waals surface area (Å²) >= 11 is 0. The van der Waals surface area contributed by atoms with Crippen molar-refractivity contribution in [3.05, 3.63) is 98.8 Å². The van der Waals surface area contributed by atoms with Crippen LogP contribution in [0.15, 0.2) is 68.4 Å². The molecule has 0 radical (unpaired) electrons. The van der Waals surface area contributed by atoms with Gasteiger partial charge in [-0.25, -0.2) is 8.60 Å². The standard InChI is InChI=1S/C24H23FN2O5S/c1-33(2,30)26-24(29)17-5-3-16(4-6-17)14-32-23-15-31-21(10-22(23)28)13-27-11-18-7-8-20(25)9-19(18)12-27/h3-10,15H,11-14H2,1-2H3. The predicted molar refractivity (Wildman–Crippen MR) is 122 cm³/mol. The summed E-state index contributed by atoms with van der Waals surface area (Å²) in [6.07, 6.45) is 4.08. The predicted octanol–water partition coefficient (Wildman–Crippen LogP) is 3.74. The van der Waals surface area contributed by atoms with E-state index >= 15 is 0 Å². The summed E-state index contributed by atoms with van der Waals surface area (Å²) in [5, 5.41) is 0. The van der Waals surface area contributed by atoms with Crippen LogP contribution in [0, 0.1) is 5.82 Å². The van der Waals surface area contributed by atoms with E-state index in [1.165, 1.54) is 37.0 Å². The smallest absolute Gasteiger partial charge is 0.285 e. The molecular formula is C24H23FN2O5S. The van der Waals surface area contributed by atoms with E-state index in [-0.39, 0.29) is 23.6 Å². The fourth-order valence-electron chi connectivity index (χ4n) is 3.55. The number of nitrogens with zero attached hydrogens (tertiary/aromatic N) is 2. The van der Waals surface area contributed by atoms with E-state index in [9.17, 15) is 18.2 Å². The average molecular weight is 471 g/mol. The third-order valence-electron chi connectivity index (χ3n) is 5.09. The van der Waals surface area contributed by atoms with Crippen molar-refractivity contribution in [2.75, 3.05) is 12.5 Å². The number of carbonyl (C=O) groups is 1. The maximum Gasteiger partial charge on any atom is 0.285 e. The Balaban J connectivity index is 1.35. The van der Waals surface area contributed by atoms with Crippen LogP contribution >= 0.6 is 0 Å². The van der Waals surface area contributed by atoms with Gasteiger partial charge in [-0.15, -0.1) is 0 Å².